The van der Waals surface area contributed by atoms with Gasteiger partial charge in [0.15, 0.2) is 0 Å². The van der Waals surface area contributed by atoms with Gasteiger partial charge in [-0.3, -0.25) is 9.48 Å². The number of hydrogen-bond acceptors (Lipinski definition) is 4. The van der Waals surface area contributed by atoms with Crippen molar-refractivity contribution in [2.75, 3.05) is 0 Å². The van der Waals surface area contributed by atoms with E-state index in [1.54, 1.807) is 19.9 Å². The predicted octanol–water partition coefficient (Wildman–Crippen LogP) is 1.36. The third-order valence-corrected chi connectivity index (χ3v) is 3.25. The fourth-order valence-corrected chi connectivity index (χ4v) is 2.15. The molecule has 0 spiro atoms. The maximum atomic E-state index is 12.8. The lowest BCUT2D eigenvalue weighted by molar-refractivity contribution is -0.302. The molecule has 0 aliphatic carbocycles. The normalized spacial score (nSPS) is 22.1. The van der Waals surface area contributed by atoms with Crippen molar-refractivity contribution >= 4 is 12.1 Å². The topological polar surface area (TPSA) is 70.7 Å². The fraction of sp³-hybridized carbons (Fsp3) is 0.583. The Morgan fingerprint density at radius 1 is 1.48 bits per heavy atom. The summed E-state index contributed by atoms with van der Waals surface area (Å²) in [4.78, 5) is 11.9. The van der Waals surface area contributed by atoms with Crippen LogP contribution in [0.15, 0.2) is 11.2 Å². The second-order valence-electron chi connectivity index (χ2n) is 4.92. The van der Waals surface area contributed by atoms with Crippen molar-refractivity contribution in [3.05, 3.63) is 17.5 Å². The Bertz CT molecular complexity index is 582. The Balaban J connectivity index is 2.06. The molecule has 0 fully saturated rings. The lowest BCUT2D eigenvalue weighted by Crippen LogP contribution is -2.56. The zero-order valence-electron chi connectivity index (χ0n) is 11.6. The highest BCUT2D eigenvalue weighted by molar-refractivity contribution is 5.80. The number of halogens is 3. The highest BCUT2D eigenvalue weighted by atomic mass is 19.4. The number of aryl methyl sites for hydroxylation is 3. The largest absolute Gasteiger partial charge is 0.438 e. The van der Waals surface area contributed by atoms with E-state index >= 15 is 0 Å². The lowest BCUT2D eigenvalue weighted by Gasteiger charge is -2.32. The molecule has 1 amide bonds. The monoisotopic (exact) mass is 304 g/mol. The van der Waals surface area contributed by atoms with Crippen LogP contribution in [0.3, 0.4) is 0 Å². The van der Waals surface area contributed by atoms with Gasteiger partial charge in [0, 0.05) is 24.8 Å². The zero-order valence-corrected chi connectivity index (χ0v) is 11.6. The average Bonchev–Trinajstić information content (AvgIpc) is 2.90. The van der Waals surface area contributed by atoms with Crippen molar-refractivity contribution in [1.29, 1.82) is 0 Å². The standard InChI is InChI=1S/C12H15F3N4O2/c1-8-7-9(2)18(17-8)6-3-10(20)19-11(21,4-5-16-19)12(13,14)15/h5,7,21H,3-4,6H2,1-2H3. The maximum Gasteiger partial charge on any atom is 0.438 e. The number of alkyl halides is 3. The third-order valence-electron chi connectivity index (χ3n) is 3.25. The molecule has 116 valence electrons. The molecule has 0 radical (unpaired) electrons. The molecular formula is C12H15F3N4O2. The Hall–Kier alpha value is -1.90. The molecule has 9 heteroatoms. The van der Waals surface area contributed by atoms with E-state index in [0.717, 1.165) is 17.6 Å². The first kappa shape index (κ1) is 15.5. The number of hydrazone groups is 1. The van der Waals surface area contributed by atoms with Crippen molar-refractivity contribution in [3.63, 3.8) is 0 Å². The van der Waals surface area contributed by atoms with Gasteiger partial charge in [0.05, 0.1) is 12.2 Å². The molecule has 0 bridgehead atoms. The summed E-state index contributed by atoms with van der Waals surface area (Å²) in [7, 11) is 0. The van der Waals surface area contributed by atoms with Crippen LogP contribution in [0.1, 0.15) is 24.2 Å². The number of aliphatic hydroxyl groups is 1. The van der Waals surface area contributed by atoms with Crippen LogP contribution in [0.5, 0.6) is 0 Å². The molecule has 21 heavy (non-hydrogen) atoms. The van der Waals surface area contributed by atoms with Crippen molar-refractivity contribution in [2.45, 2.75) is 45.1 Å². The van der Waals surface area contributed by atoms with E-state index in [1.807, 2.05) is 0 Å². The van der Waals surface area contributed by atoms with Gasteiger partial charge in [-0.2, -0.15) is 28.4 Å². The number of amides is 1. The summed E-state index contributed by atoms with van der Waals surface area (Å²) in [6.07, 6.45) is -5.08. The molecule has 1 aliphatic rings. The molecule has 0 aromatic carbocycles. The first-order valence-corrected chi connectivity index (χ1v) is 6.31. The average molecular weight is 304 g/mol. The SMILES string of the molecule is Cc1cc(C)n(CCC(=O)N2N=CCC2(O)C(F)(F)F)n1. The van der Waals surface area contributed by atoms with Crippen LogP contribution in [0.25, 0.3) is 0 Å². The van der Waals surface area contributed by atoms with Crippen LogP contribution >= 0.6 is 0 Å². The van der Waals surface area contributed by atoms with Gasteiger partial charge in [0.2, 0.25) is 5.91 Å². The lowest BCUT2D eigenvalue weighted by atomic mass is 10.1. The van der Waals surface area contributed by atoms with Gasteiger partial charge in [-0.15, -0.1) is 0 Å². The van der Waals surface area contributed by atoms with Gasteiger partial charge < -0.3 is 5.11 Å². The molecule has 6 nitrogen and oxygen atoms in total. The van der Waals surface area contributed by atoms with E-state index in [-0.39, 0.29) is 18.0 Å². The van der Waals surface area contributed by atoms with E-state index in [4.69, 9.17) is 0 Å². The smallest absolute Gasteiger partial charge is 0.362 e. The second-order valence-corrected chi connectivity index (χ2v) is 4.92. The molecule has 1 atom stereocenters. The van der Waals surface area contributed by atoms with Gasteiger partial charge >= 0.3 is 6.18 Å². The van der Waals surface area contributed by atoms with Gasteiger partial charge in [0.25, 0.3) is 5.72 Å². The highest BCUT2D eigenvalue weighted by Crippen LogP contribution is 2.38. The first-order chi connectivity index (χ1) is 9.65. The molecule has 1 unspecified atom stereocenters. The van der Waals surface area contributed by atoms with Crippen molar-refractivity contribution in [1.82, 2.24) is 14.8 Å². The third kappa shape index (κ3) is 2.78. The van der Waals surface area contributed by atoms with E-state index in [1.165, 1.54) is 4.68 Å². The Labute approximate surface area is 118 Å². The molecule has 0 saturated heterocycles. The number of rotatable bonds is 3. The van der Waals surface area contributed by atoms with E-state index in [2.05, 4.69) is 10.2 Å². The molecule has 1 N–H and O–H groups in total. The number of aromatic nitrogens is 2. The van der Waals surface area contributed by atoms with Crippen molar-refractivity contribution < 1.29 is 23.1 Å². The maximum absolute atomic E-state index is 12.8. The van der Waals surface area contributed by atoms with E-state index in [9.17, 15) is 23.1 Å². The van der Waals surface area contributed by atoms with Crippen LogP contribution in [-0.2, 0) is 11.3 Å². The molecular weight excluding hydrogens is 289 g/mol. The van der Waals surface area contributed by atoms with Gasteiger partial charge in [0.1, 0.15) is 0 Å². The second kappa shape index (κ2) is 5.14. The summed E-state index contributed by atoms with van der Waals surface area (Å²) >= 11 is 0. The minimum atomic E-state index is -4.96. The zero-order chi connectivity index (χ0) is 15.8. The number of carbonyl (C=O) groups is 1. The van der Waals surface area contributed by atoms with Gasteiger partial charge in [-0.1, -0.05) is 0 Å². The summed E-state index contributed by atoms with van der Waals surface area (Å²) in [5.41, 5.74) is -1.69. The molecule has 1 aliphatic heterocycles. The van der Waals surface area contributed by atoms with Gasteiger partial charge in [-0.25, -0.2) is 0 Å². The van der Waals surface area contributed by atoms with E-state index in [0.29, 0.717) is 0 Å². The molecule has 0 saturated carbocycles. The summed E-state index contributed by atoms with van der Waals surface area (Å²) in [6.45, 7) is 3.68. The summed E-state index contributed by atoms with van der Waals surface area (Å²) in [5.74, 6) is -0.906. The minimum absolute atomic E-state index is 0.110. The van der Waals surface area contributed by atoms with Crippen LogP contribution < -0.4 is 0 Å². The molecule has 1 aromatic rings. The number of carbonyl (C=O) groups excluding carboxylic acids is 1. The predicted molar refractivity (Wildman–Crippen MR) is 67.3 cm³/mol. The Kier molecular flexibility index (Phi) is 3.79. The summed E-state index contributed by atoms with van der Waals surface area (Å²) in [5, 5.41) is 17.2. The molecule has 2 rings (SSSR count). The number of hydrogen-bond donors (Lipinski definition) is 1. The van der Waals surface area contributed by atoms with Crippen molar-refractivity contribution in [3.8, 4) is 0 Å². The van der Waals surface area contributed by atoms with Crippen LogP contribution in [0, 0.1) is 13.8 Å². The van der Waals surface area contributed by atoms with Crippen molar-refractivity contribution in [2.24, 2.45) is 5.10 Å². The van der Waals surface area contributed by atoms with E-state index < -0.39 is 24.2 Å². The Morgan fingerprint density at radius 3 is 2.67 bits per heavy atom. The fourth-order valence-electron chi connectivity index (χ4n) is 2.15. The van der Waals surface area contributed by atoms with Crippen LogP contribution in [-0.4, -0.2) is 43.9 Å². The molecule has 2 heterocycles. The number of nitrogens with zero attached hydrogens (tertiary/aromatic N) is 4. The summed E-state index contributed by atoms with van der Waals surface area (Å²) < 4.78 is 40.1. The minimum Gasteiger partial charge on any atom is -0.362 e. The van der Waals surface area contributed by atoms with Crippen LogP contribution in [0.4, 0.5) is 13.2 Å². The Morgan fingerprint density at radius 2 is 2.14 bits per heavy atom. The quantitative estimate of drug-likeness (QED) is 0.916. The molecule has 1 aromatic heterocycles. The van der Waals surface area contributed by atoms with Gasteiger partial charge in [-0.05, 0) is 19.9 Å². The summed E-state index contributed by atoms with van der Waals surface area (Å²) in [6, 6.07) is 1.80. The van der Waals surface area contributed by atoms with Crippen LogP contribution in [0.2, 0.25) is 0 Å². The highest BCUT2D eigenvalue weighted by Gasteiger charge is 2.61. The first-order valence-electron chi connectivity index (χ1n) is 6.31.